The topological polar surface area (TPSA) is 48.7 Å². The molecule has 5 nitrogen and oxygen atoms in total. The summed E-state index contributed by atoms with van der Waals surface area (Å²) in [5.74, 6) is 1.41. The number of benzene rings is 1. The van der Waals surface area contributed by atoms with E-state index in [0.29, 0.717) is 11.5 Å². The Bertz CT molecular complexity index is 701. The van der Waals surface area contributed by atoms with Gasteiger partial charge in [-0.2, -0.15) is 5.10 Å². The molecule has 0 radical (unpaired) electrons. The highest BCUT2D eigenvalue weighted by Crippen LogP contribution is 2.33. The van der Waals surface area contributed by atoms with Crippen LogP contribution in [0.2, 0.25) is 0 Å². The number of hydrogen-bond donors (Lipinski definition) is 0. The molecule has 6 heteroatoms. The average molecular weight is 275 g/mol. The van der Waals surface area contributed by atoms with Crippen LogP contribution >= 0.6 is 11.3 Å². The highest BCUT2D eigenvalue weighted by Gasteiger charge is 2.11. The Morgan fingerprint density at radius 1 is 1.16 bits per heavy atom. The number of rotatable bonds is 3. The molecule has 0 spiro atoms. The molecule has 3 aromatic rings. The van der Waals surface area contributed by atoms with E-state index in [2.05, 4.69) is 10.1 Å². The van der Waals surface area contributed by atoms with Crippen LogP contribution < -0.4 is 9.47 Å². The van der Waals surface area contributed by atoms with Crippen molar-refractivity contribution < 1.29 is 9.47 Å². The molecule has 0 saturated heterocycles. The molecule has 0 bridgehead atoms. The third-order valence-electron chi connectivity index (χ3n) is 2.79. The normalized spacial score (nSPS) is 10.9. The Labute approximate surface area is 114 Å². The first kappa shape index (κ1) is 12.0. The van der Waals surface area contributed by atoms with Crippen LogP contribution in [0.4, 0.5) is 0 Å². The van der Waals surface area contributed by atoms with Crippen molar-refractivity contribution in [2.24, 2.45) is 0 Å². The van der Waals surface area contributed by atoms with Crippen molar-refractivity contribution in [3.63, 3.8) is 0 Å². The first-order valence-corrected chi connectivity index (χ1v) is 6.58. The number of fused-ring (bicyclic) bond motifs is 1. The van der Waals surface area contributed by atoms with Crippen molar-refractivity contribution in [2.75, 3.05) is 14.2 Å². The molecule has 1 aromatic carbocycles. The van der Waals surface area contributed by atoms with Crippen molar-refractivity contribution >= 4 is 16.3 Å². The lowest BCUT2D eigenvalue weighted by molar-refractivity contribution is 0.355. The van der Waals surface area contributed by atoms with Gasteiger partial charge in [-0.05, 0) is 25.1 Å². The van der Waals surface area contributed by atoms with E-state index in [1.54, 1.807) is 30.1 Å². The van der Waals surface area contributed by atoms with Crippen molar-refractivity contribution in [1.82, 2.24) is 14.6 Å². The number of aromatic nitrogens is 3. The lowest BCUT2D eigenvalue weighted by atomic mass is 10.2. The van der Waals surface area contributed by atoms with Crippen molar-refractivity contribution in [3.05, 3.63) is 30.1 Å². The second kappa shape index (κ2) is 4.55. The predicted octanol–water partition coefficient (Wildman–Crippen LogP) is 2.78. The number of ether oxygens (including phenoxy) is 2. The molecule has 0 unspecified atom stereocenters. The number of aryl methyl sites for hydroxylation is 1. The molecule has 0 N–H and O–H groups in total. The first-order valence-electron chi connectivity index (χ1n) is 5.76. The van der Waals surface area contributed by atoms with E-state index < -0.39 is 0 Å². The molecule has 0 aliphatic heterocycles. The highest BCUT2D eigenvalue weighted by molar-refractivity contribution is 7.19. The van der Waals surface area contributed by atoms with Gasteiger partial charge in [0.1, 0.15) is 5.01 Å². The van der Waals surface area contributed by atoms with E-state index in [1.165, 1.54) is 0 Å². The number of methoxy groups -OCH3 is 2. The van der Waals surface area contributed by atoms with Crippen LogP contribution in [0.15, 0.2) is 24.4 Å². The Morgan fingerprint density at radius 2 is 1.95 bits per heavy atom. The number of imidazole rings is 1. The maximum Gasteiger partial charge on any atom is 0.212 e. The Morgan fingerprint density at radius 3 is 2.63 bits per heavy atom. The molecule has 0 aliphatic carbocycles. The van der Waals surface area contributed by atoms with E-state index in [1.807, 2.05) is 31.3 Å². The van der Waals surface area contributed by atoms with E-state index >= 15 is 0 Å². The van der Waals surface area contributed by atoms with Crippen molar-refractivity contribution in [1.29, 1.82) is 0 Å². The van der Waals surface area contributed by atoms with E-state index in [0.717, 1.165) is 21.2 Å². The van der Waals surface area contributed by atoms with Crippen LogP contribution in [0.5, 0.6) is 11.5 Å². The molecule has 0 fully saturated rings. The van der Waals surface area contributed by atoms with Gasteiger partial charge in [-0.25, -0.2) is 9.50 Å². The molecule has 98 valence electrons. The Hall–Kier alpha value is -2.08. The molecule has 3 rings (SSSR count). The minimum Gasteiger partial charge on any atom is -0.493 e. The molecule has 0 saturated carbocycles. The molecular weight excluding hydrogens is 262 g/mol. The van der Waals surface area contributed by atoms with Crippen molar-refractivity contribution in [2.45, 2.75) is 6.92 Å². The smallest absolute Gasteiger partial charge is 0.212 e. The lowest BCUT2D eigenvalue weighted by Crippen LogP contribution is -1.91. The molecule has 2 aromatic heterocycles. The molecule has 0 atom stereocenters. The van der Waals surface area contributed by atoms with Gasteiger partial charge in [0.15, 0.2) is 11.5 Å². The summed E-state index contributed by atoms with van der Waals surface area (Å²) < 4.78 is 12.3. The number of nitrogens with zero attached hydrogens (tertiary/aromatic N) is 3. The molecular formula is C13H13N3O2S. The fourth-order valence-electron chi connectivity index (χ4n) is 1.90. The summed E-state index contributed by atoms with van der Waals surface area (Å²) in [4.78, 5) is 5.29. The van der Waals surface area contributed by atoms with E-state index in [-0.39, 0.29) is 0 Å². The van der Waals surface area contributed by atoms with Gasteiger partial charge in [0.25, 0.3) is 0 Å². The number of hydrogen-bond acceptors (Lipinski definition) is 5. The van der Waals surface area contributed by atoms with Gasteiger partial charge < -0.3 is 9.47 Å². The molecule has 0 amide bonds. The zero-order valence-electron chi connectivity index (χ0n) is 10.9. The van der Waals surface area contributed by atoms with Crippen LogP contribution in [0.3, 0.4) is 0 Å². The predicted molar refractivity (Wildman–Crippen MR) is 74.1 cm³/mol. The quantitative estimate of drug-likeness (QED) is 0.737. The van der Waals surface area contributed by atoms with Gasteiger partial charge in [0.2, 0.25) is 4.96 Å². The van der Waals surface area contributed by atoms with Crippen LogP contribution in [0.25, 0.3) is 15.5 Å². The van der Waals surface area contributed by atoms with Crippen LogP contribution in [-0.4, -0.2) is 28.8 Å². The fourth-order valence-corrected chi connectivity index (χ4v) is 2.82. The summed E-state index contributed by atoms with van der Waals surface area (Å²) >= 11 is 1.55. The highest BCUT2D eigenvalue weighted by atomic mass is 32.1. The van der Waals surface area contributed by atoms with Crippen LogP contribution in [0, 0.1) is 6.92 Å². The SMILES string of the molecule is COc1ccc(-c2nn3cc(C)nc3s2)cc1OC. The summed E-state index contributed by atoms with van der Waals surface area (Å²) in [6.07, 6.45) is 1.91. The van der Waals surface area contributed by atoms with Crippen LogP contribution in [-0.2, 0) is 0 Å². The second-order valence-electron chi connectivity index (χ2n) is 4.09. The minimum absolute atomic E-state index is 0.698. The summed E-state index contributed by atoms with van der Waals surface area (Å²) in [5.41, 5.74) is 1.96. The van der Waals surface area contributed by atoms with E-state index in [4.69, 9.17) is 9.47 Å². The largest absolute Gasteiger partial charge is 0.493 e. The van der Waals surface area contributed by atoms with E-state index in [9.17, 15) is 0 Å². The average Bonchev–Trinajstić information content (AvgIpc) is 2.95. The zero-order valence-corrected chi connectivity index (χ0v) is 11.7. The van der Waals surface area contributed by atoms with Gasteiger partial charge >= 0.3 is 0 Å². The third kappa shape index (κ3) is 2.04. The second-order valence-corrected chi connectivity index (χ2v) is 5.04. The van der Waals surface area contributed by atoms with Gasteiger partial charge in [-0.3, -0.25) is 0 Å². The summed E-state index contributed by atoms with van der Waals surface area (Å²) in [6, 6.07) is 5.76. The fraction of sp³-hybridized carbons (Fsp3) is 0.231. The van der Waals surface area contributed by atoms with Crippen molar-refractivity contribution in [3.8, 4) is 22.1 Å². The Balaban J connectivity index is 2.07. The summed E-state index contributed by atoms with van der Waals surface area (Å²) in [6.45, 7) is 1.96. The van der Waals surface area contributed by atoms with Gasteiger partial charge in [-0.15, -0.1) is 0 Å². The zero-order chi connectivity index (χ0) is 13.4. The minimum atomic E-state index is 0.698. The maximum absolute atomic E-state index is 5.30. The standard InChI is InChI=1S/C13H13N3O2S/c1-8-7-16-13(14-8)19-12(15-16)9-4-5-10(17-2)11(6-9)18-3/h4-7H,1-3H3. The Kier molecular flexibility index (Phi) is 2.87. The summed E-state index contributed by atoms with van der Waals surface area (Å²) in [5, 5.41) is 5.42. The molecule has 2 heterocycles. The summed E-state index contributed by atoms with van der Waals surface area (Å²) in [7, 11) is 3.25. The van der Waals surface area contributed by atoms with Crippen LogP contribution in [0.1, 0.15) is 5.69 Å². The maximum atomic E-state index is 5.30. The monoisotopic (exact) mass is 275 g/mol. The molecule has 0 aliphatic rings. The first-order chi connectivity index (χ1) is 9.21. The van der Waals surface area contributed by atoms with Gasteiger partial charge in [-0.1, -0.05) is 11.3 Å². The third-order valence-corrected chi connectivity index (χ3v) is 3.77. The lowest BCUT2D eigenvalue weighted by Gasteiger charge is -2.07. The molecule has 19 heavy (non-hydrogen) atoms. The van der Waals surface area contributed by atoms with Gasteiger partial charge in [0.05, 0.1) is 26.1 Å². The van der Waals surface area contributed by atoms with Gasteiger partial charge in [0, 0.05) is 5.56 Å².